The normalized spacial score (nSPS) is 12.2. The number of carbonyl (C=O) groups excluding carboxylic acids is 1. The summed E-state index contributed by atoms with van der Waals surface area (Å²) in [6, 6.07) is 9.14. The van der Waals surface area contributed by atoms with E-state index in [1.165, 1.54) is 0 Å². The number of hydrogen-bond acceptors (Lipinski definition) is 3. The summed E-state index contributed by atoms with van der Waals surface area (Å²) in [5.41, 5.74) is 6.66. The van der Waals surface area contributed by atoms with Crippen LogP contribution in [0.2, 0.25) is 0 Å². The summed E-state index contributed by atoms with van der Waals surface area (Å²) >= 11 is 0.468. The third-order valence-electron chi connectivity index (χ3n) is 1.72. The molecule has 1 rings (SSSR count). The Morgan fingerprint density at radius 1 is 1.46 bits per heavy atom. The van der Waals surface area contributed by atoms with Gasteiger partial charge in [-0.15, -0.1) is 0 Å². The number of carbonyl (C=O) groups is 1. The molecule has 0 bridgehead atoms. The van der Waals surface area contributed by atoms with Crippen molar-refractivity contribution < 1.29 is 7.87 Å². The molecule has 0 unspecified atom stereocenters. The van der Waals surface area contributed by atoms with E-state index in [9.17, 15) is 4.79 Å². The van der Waals surface area contributed by atoms with Crippen LogP contribution in [-0.2, 0) is 14.3 Å². The van der Waals surface area contributed by atoms with Crippen molar-refractivity contribution in [2.45, 2.75) is 12.5 Å². The van der Waals surface area contributed by atoms with Gasteiger partial charge in [0.25, 0.3) is 0 Å². The fourth-order valence-corrected chi connectivity index (χ4v) is 1.54. The standard InChI is InChI=1S/C9H11NO2.Sn.H/c10-8(9(11)12)6-7-4-2-1-3-5-7;;/h1-5,8H,6,10H2,(H,11,12);;/q;+1;/p-1/t8-;;/m0../s1. The Morgan fingerprint density at radius 3 is 2.62 bits per heavy atom. The monoisotopic (exact) mass is 285 g/mol. The second-order valence-corrected chi connectivity index (χ2v) is 3.41. The Hall–Kier alpha value is -0.551. The van der Waals surface area contributed by atoms with Gasteiger partial charge in [-0.25, -0.2) is 0 Å². The zero-order valence-electron chi connectivity index (χ0n) is 7.14. The maximum atomic E-state index is 11.0. The average Bonchev–Trinajstić information content (AvgIpc) is 2.18. The van der Waals surface area contributed by atoms with Crippen molar-refractivity contribution in [2.75, 3.05) is 0 Å². The van der Waals surface area contributed by atoms with E-state index >= 15 is 0 Å². The van der Waals surface area contributed by atoms with E-state index in [2.05, 4.69) is 3.07 Å². The molecule has 3 nitrogen and oxygen atoms in total. The van der Waals surface area contributed by atoms with Crippen LogP contribution in [-0.4, -0.2) is 35.0 Å². The van der Waals surface area contributed by atoms with E-state index in [-0.39, 0.29) is 5.97 Å². The van der Waals surface area contributed by atoms with Crippen LogP contribution in [0.4, 0.5) is 0 Å². The van der Waals surface area contributed by atoms with Gasteiger partial charge in [-0.2, -0.15) is 0 Å². The molecule has 0 saturated carbocycles. The number of rotatable bonds is 3. The maximum absolute atomic E-state index is 11.0. The molecule has 2 radical (unpaired) electrons. The van der Waals surface area contributed by atoms with E-state index < -0.39 is 6.04 Å². The molecule has 68 valence electrons. The molecular formula is C9H11NO2Sn. The first-order valence-corrected chi connectivity index (χ1v) is 5.28. The van der Waals surface area contributed by atoms with Crippen molar-refractivity contribution in [3.63, 3.8) is 0 Å². The third-order valence-corrected chi connectivity index (χ3v) is 2.38. The first-order valence-electron chi connectivity index (χ1n) is 3.94. The van der Waals surface area contributed by atoms with E-state index in [4.69, 9.17) is 5.73 Å². The van der Waals surface area contributed by atoms with Crippen LogP contribution in [0.5, 0.6) is 0 Å². The van der Waals surface area contributed by atoms with Crippen molar-refractivity contribution >= 4 is 28.9 Å². The summed E-state index contributed by atoms with van der Waals surface area (Å²) < 4.78 is 4.65. The molecule has 0 aromatic heterocycles. The molecule has 0 aliphatic rings. The van der Waals surface area contributed by atoms with Gasteiger partial charge >= 0.3 is 90.9 Å². The zero-order valence-corrected chi connectivity index (χ0v) is 10.4. The summed E-state index contributed by atoms with van der Waals surface area (Å²) in [4.78, 5) is 11.0. The third kappa shape index (κ3) is 3.36. The molecule has 0 aliphatic carbocycles. The van der Waals surface area contributed by atoms with Crippen LogP contribution in [0.25, 0.3) is 0 Å². The Bertz CT molecular complexity index is 276. The number of nitrogens with two attached hydrogens (primary N) is 1. The van der Waals surface area contributed by atoms with E-state index in [1.807, 2.05) is 30.3 Å². The van der Waals surface area contributed by atoms with E-state index in [0.717, 1.165) is 5.56 Å². The molecule has 4 heteroatoms. The first-order chi connectivity index (χ1) is 6.24. The Morgan fingerprint density at radius 2 is 2.08 bits per heavy atom. The molecule has 0 aliphatic heterocycles. The second kappa shape index (κ2) is 5.24. The van der Waals surface area contributed by atoms with Crippen molar-refractivity contribution in [1.29, 1.82) is 0 Å². The molecule has 0 amide bonds. The number of hydrogen-bond donors (Lipinski definition) is 1. The topological polar surface area (TPSA) is 52.3 Å². The number of benzene rings is 1. The molecule has 0 saturated heterocycles. The van der Waals surface area contributed by atoms with Gasteiger partial charge in [0.05, 0.1) is 0 Å². The predicted octanol–water partition coefficient (Wildman–Crippen LogP) is -0.0846. The molecule has 0 heterocycles. The van der Waals surface area contributed by atoms with E-state index in [0.29, 0.717) is 29.4 Å². The minimum absolute atomic E-state index is 0.314. The van der Waals surface area contributed by atoms with Gasteiger partial charge < -0.3 is 0 Å². The summed E-state index contributed by atoms with van der Waals surface area (Å²) in [5, 5.41) is 0. The van der Waals surface area contributed by atoms with Crippen LogP contribution >= 0.6 is 0 Å². The molecule has 1 aromatic carbocycles. The van der Waals surface area contributed by atoms with Crippen LogP contribution in [0, 0.1) is 0 Å². The molecular weight excluding hydrogens is 273 g/mol. The summed E-state index contributed by atoms with van der Waals surface area (Å²) in [7, 11) is 0. The van der Waals surface area contributed by atoms with Crippen molar-refractivity contribution in [1.82, 2.24) is 0 Å². The molecule has 13 heavy (non-hydrogen) atoms. The van der Waals surface area contributed by atoms with Gasteiger partial charge in [0.15, 0.2) is 0 Å². The van der Waals surface area contributed by atoms with Crippen LogP contribution in [0.3, 0.4) is 0 Å². The van der Waals surface area contributed by atoms with Crippen molar-refractivity contribution in [3.8, 4) is 0 Å². The summed E-state index contributed by atoms with van der Waals surface area (Å²) in [6.07, 6.45) is 0.542. The Balaban J connectivity index is 2.55. The van der Waals surface area contributed by atoms with Gasteiger partial charge in [0.1, 0.15) is 0 Å². The van der Waals surface area contributed by atoms with Crippen molar-refractivity contribution in [2.24, 2.45) is 5.73 Å². The molecule has 1 aromatic rings. The van der Waals surface area contributed by atoms with Crippen LogP contribution in [0.15, 0.2) is 30.3 Å². The SMILES string of the molecule is N[C@@H](Cc1ccccc1)C(=O)[O][SnH]. The average molecular weight is 284 g/mol. The second-order valence-electron chi connectivity index (χ2n) is 2.73. The van der Waals surface area contributed by atoms with Gasteiger partial charge in [-0.05, 0) is 0 Å². The van der Waals surface area contributed by atoms with Gasteiger partial charge in [-0.1, -0.05) is 0 Å². The zero-order chi connectivity index (χ0) is 9.68. The Labute approximate surface area is 90.9 Å². The minimum atomic E-state index is -0.530. The van der Waals surface area contributed by atoms with Crippen molar-refractivity contribution in [3.05, 3.63) is 35.9 Å². The molecule has 0 spiro atoms. The van der Waals surface area contributed by atoms with Gasteiger partial charge in [0, 0.05) is 0 Å². The summed E-state index contributed by atoms with van der Waals surface area (Å²) in [5.74, 6) is -0.314. The van der Waals surface area contributed by atoms with Crippen LogP contribution in [0.1, 0.15) is 5.56 Å². The fraction of sp³-hybridized carbons (Fsp3) is 0.222. The van der Waals surface area contributed by atoms with Crippen LogP contribution < -0.4 is 5.73 Å². The predicted molar refractivity (Wildman–Crippen MR) is 51.4 cm³/mol. The summed E-state index contributed by atoms with van der Waals surface area (Å²) in [6.45, 7) is 0. The molecule has 1 atom stereocenters. The Kier molecular flexibility index (Phi) is 4.24. The molecule has 0 fully saturated rings. The van der Waals surface area contributed by atoms with Gasteiger partial charge in [0.2, 0.25) is 0 Å². The molecule has 2 N–H and O–H groups in total. The first kappa shape index (κ1) is 10.5. The van der Waals surface area contributed by atoms with Gasteiger partial charge in [-0.3, -0.25) is 0 Å². The van der Waals surface area contributed by atoms with E-state index in [1.54, 1.807) is 0 Å². The fourth-order valence-electron chi connectivity index (χ4n) is 1.04. The quantitative estimate of drug-likeness (QED) is 0.790.